The Balaban J connectivity index is 0.000000202. The third kappa shape index (κ3) is 5.76. The molecule has 7 rings (SSSR count). The monoisotopic (exact) mass is 601 g/mol. The van der Waals surface area contributed by atoms with Gasteiger partial charge in [-0.05, 0) is 91.1 Å². The Morgan fingerprint density at radius 3 is 2.58 bits per heavy atom. The molecule has 0 radical (unpaired) electrons. The maximum atomic E-state index is 13.3. The van der Waals surface area contributed by atoms with E-state index in [-0.39, 0.29) is 11.3 Å². The van der Waals surface area contributed by atoms with Gasteiger partial charge < -0.3 is 16.8 Å². The second kappa shape index (κ2) is 12.2. The van der Waals surface area contributed by atoms with Crippen molar-refractivity contribution in [2.75, 3.05) is 11.1 Å². The Kier molecular flexibility index (Phi) is 7.85. The molecule has 0 fully saturated rings. The zero-order chi connectivity index (χ0) is 31.5. The molecule has 1 aliphatic carbocycles. The van der Waals surface area contributed by atoms with Crippen LogP contribution in [0, 0.1) is 5.82 Å². The zero-order valence-electron chi connectivity index (χ0n) is 24.0. The summed E-state index contributed by atoms with van der Waals surface area (Å²) in [7, 11) is 0. The molecule has 4 heterocycles. The number of carbonyl (C=O) groups excluding carboxylic acids is 2. The van der Waals surface area contributed by atoms with Gasteiger partial charge in [0.1, 0.15) is 17.2 Å². The number of amides is 2. The summed E-state index contributed by atoms with van der Waals surface area (Å²) < 4.78 is 17.1. The summed E-state index contributed by atoms with van der Waals surface area (Å²) in [5, 5.41) is 6.49. The van der Waals surface area contributed by atoms with E-state index in [0.29, 0.717) is 5.82 Å². The molecule has 2 aromatic carbocycles. The molecule has 2 amide bonds. The molecule has 0 spiro atoms. The number of para-hydroxylation sites is 1. The van der Waals surface area contributed by atoms with Crippen molar-refractivity contribution in [2.45, 2.75) is 19.3 Å². The van der Waals surface area contributed by atoms with Gasteiger partial charge in [-0.3, -0.25) is 14.2 Å². The van der Waals surface area contributed by atoms with E-state index in [0.717, 1.165) is 59.0 Å². The number of aromatic nitrogens is 6. The van der Waals surface area contributed by atoms with Crippen LogP contribution in [0.3, 0.4) is 0 Å². The van der Waals surface area contributed by atoms with E-state index in [1.165, 1.54) is 29.7 Å². The summed E-state index contributed by atoms with van der Waals surface area (Å²) in [5.74, 6) is -0.223. The average Bonchev–Trinajstić information content (AvgIpc) is 3.82. The van der Waals surface area contributed by atoms with Crippen LogP contribution >= 0.6 is 0 Å². The van der Waals surface area contributed by atoms with Crippen LogP contribution in [-0.4, -0.2) is 41.1 Å². The average molecular weight is 602 g/mol. The number of imidazole rings is 1. The van der Waals surface area contributed by atoms with Crippen molar-refractivity contribution in [3.05, 3.63) is 120 Å². The molecule has 6 aromatic rings. The van der Waals surface area contributed by atoms with Gasteiger partial charge in [0.25, 0.3) is 5.91 Å². The first-order chi connectivity index (χ1) is 21.8. The van der Waals surface area contributed by atoms with E-state index >= 15 is 0 Å². The van der Waals surface area contributed by atoms with Gasteiger partial charge in [0.05, 0.1) is 16.8 Å². The third-order valence-electron chi connectivity index (χ3n) is 7.36. The lowest BCUT2D eigenvalue weighted by molar-refractivity contribution is -0.111. The number of carbonyl (C=O) groups is 2. The van der Waals surface area contributed by atoms with Gasteiger partial charge in [0.2, 0.25) is 5.91 Å². The fourth-order valence-corrected chi connectivity index (χ4v) is 5.24. The number of fused-ring (bicyclic) bond motifs is 2. The van der Waals surface area contributed by atoms with Crippen LogP contribution in [0.15, 0.2) is 98.0 Å². The van der Waals surface area contributed by atoms with E-state index in [4.69, 9.17) is 21.4 Å². The van der Waals surface area contributed by atoms with Crippen molar-refractivity contribution in [1.29, 1.82) is 0 Å². The minimum atomic E-state index is -0.811. The van der Waals surface area contributed by atoms with Gasteiger partial charge in [-0.1, -0.05) is 18.7 Å². The van der Waals surface area contributed by atoms with Crippen LogP contribution in [0.2, 0.25) is 0 Å². The van der Waals surface area contributed by atoms with Crippen LogP contribution in [0.5, 0.6) is 0 Å². The van der Waals surface area contributed by atoms with Crippen molar-refractivity contribution in [2.24, 2.45) is 5.73 Å². The highest BCUT2D eigenvalue weighted by molar-refractivity contribution is 6.06. The van der Waals surface area contributed by atoms with E-state index in [2.05, 4.69) is 44.7 Å². The van der Waals surface area contributed by atoms with Crippen LogP contribution in [-0.2, 0) is 17.6 Å². The van der Waals surface area contributed by atoms with Gasteiger partial charge in [-0.2, -0.15) is 5.10 Å². The molecule has 12 heteroatoms. The van der Waals surface area contributed by atoms with Gasteiger partial charge in [0, 0.05) is 24.3 Å². The van der Waals surface area contributed by atoms with Crippen molar-refractivity contribution in [1.82, 2.24) is 29.3 Å². The number of benzene rings is 2. The normalized spacial score (nSPS) is 11.8. The number of halogens is 1. The topological polar surface area (TPSA) is 160 Å². The van der Waals surface area contributed by atoms with Gasteiger partial charge in [-0.25, -0.2) is 24.0 Å². The highest BCUT2D eigenvalue weighted by Crippen LogP contribution is 2.33. The first-order valence-electron chi connectivity index (χ1n) is 14.1. The Morgan fingerprint density at radius 2 is 1.82 bits per heavy atom. The first-order valence-corrected chi connectivity index (χ1v) is 14.1. The number of hydrogen-bond donors (Lipinski definition) is 3. The van der Waals surface area contributed by atoms with Crippen molar-refractivity contribution in [3.8, 4) is 22.9 Å². The lowest BCUT2D eigenvalue weighted by Crippen LogP contribution is -2.17. The SMILES string of the molecule is C=CC(=O)Nc1c(F)cccc1C(N)=O.Nc1ncccc1-c1nc2ccc(-n3cccn3)nc2n1-c1ccc2c(c1)CCC2. The van der Waals surface area contributed by atoms with E-state index in [9.17, 15) is 14.0 Å². The second-order valence-electron chi connectivity index (χ2n) is 10.2. The summed E-state index contributed by atoms with van der Waals surface area (Å²) >= 11 is 0. The van der Waals surface area contributed by atoms with Crippen LogP contribution in [0.4, 0.5) is 15.9 Å². The minimum absolute atomic E-state index is 0.0785. The molecule has 45 heavy (non-hydrogen) atoms. The molecule has 0 bridgehead atoms. The molecule has 0 saturated heterocycles. The number of anilines is 2. The van der Waals surface area contributed by atoms with Crippen molar-refractivity contribution >= 4 is 34.5 Å². The fourth-order valence-electron chi connectivity index (χ4n) is 5.24. The van der Waals surface area contributed by atoms with Gasteiger partial charge in [0.15, 0.2) is 17.3 Å². The predicted octanol–water partition coefficient (Wildman–Crippen LogP) is 4.79. The second-order valence-corrected chi connectivity index (χ2v) is 10.2. The van der Waals surface area contributed by atoms with E-state index in [1.54, 1.807) is 17.1 Å². The minimum Gasteiger partial charge on any atom is -0.383 e. The standard InChI is InChI=1S/C23H19N7.C10H9FN2O2/c24-21-18(6-2-11-25-21)22-27-19-9-10-20(29-13-3-12-26-29)28-23(19)30(22)17-8-7-15-4-1-5-16(15)14-17;1-2-8(14)13-9-6(10(12)15)4-3-5-7(9)11/h2-3,6-14H,1,4-5H2,(H2,24,25);2-5H,1H2,(H2,12,15)(H,13,14). The van der Waals surface area contributed by atoms with Crippen molar-refractivity contribution in [3.63, 3.8) is 0 Å². The van der Waals surface area contributed by atoms with Crippen LogP contribution in [0.25, 0.3) is 34.1 Å². The number of hydrogen-bond acceptors (Lipinski definition) is 7. The molecule has 0 aliphatic heterocycles. The molecule has 5 N–H and O–H groups in total. The molecule has 0 atom stereocenters. The molecule has 4 aromatic heterocycles. The molecular formula is C33H28FN9O2. The lowest BCUT2D eigenvalue weighted by atomic mass is 10.1. The Labute approximate surface area is 257 Å². The summed E-state index contributed by atoms with van der Waals surface area (Å²) in [6.45, 7) is 3.21. The summed E-state index contributed by atoms with van der Waals surface area (Å²) in [6, 6.07) is 20.0. The van der Waals surface area contributed by atoms with Crippen molar-refractivity contribution < 1.29 is 14.0 Å². The Bertz CT molecular complexity index is 2070. The number of nitrogen functional groups attached to an aromatic ring is 1. The molecule has 11 nitrogen and oxygen atoms in total. The largest absolute Gasteiger partial charge is 0.383 e. The number of nitrogens with two attached hydrogens (primary N) is 2. The highest BCUT2D eigenvalue weighted by Gasteiger charge is 2.20. The van der Waals surface area contributed by atoms with E-state index < -0.39 is 17.6 Å². The van der Waals surface area contributed by atoms with Gasteiger partial charge in [-0.15, -0.1) is 0 Å². The molecule has 0 saturated carbocycles. The third-order valence-corrected chi connectivity index (χ3v) is 7.36. The first kappa shape index (κ1) is 28.9. The number of primary amides is 1. The van der Waals surface area contributed by atoms with Gasteiger partial charge >= 0.3 is 0 Å². The summed E-state index contributed by atoms with van der Waals surface area (Å²) in [4.78, 5) is 35.9. The number of nitrogens with zero attached hydrogens (tertiary/aromatic N) is 6. The number of rotatable bonds is 6. The highest BCUT2D eigenvalue weighted by atomic mass is 19.1. The lowest BCUT2D eigenvalue weighted by Gasteiger charge is -2.12. The molecule has 224 valence electrons. The number of aryl methyl sites for hydroxylation is 2. The van der Waals surface area contributed by atoms with Crippen LogP contribution < -0.4 is 16.8 Å². The number of pyridine rings is 2. The summed E-state index contributed by atoms with van der Waals surface area (Å²) in [6.07, 6.45) is 9.73. The predicted molar refractivity (Wildman–Crippen MR) is 169 cm³/mol. The van der Waals surface area contributed by atoms with E-state index in [1.807, 2.05) is 36.5 Å². The smallest absolute Gasteiger partial charge is 0.250 e. The zero-order valence-corrected chi connectivity index (χ0v) is 24.0. The maximum absolute atomic E-state index is 13.3. The quantitative estimate of drug-likeness (QED) is 0.232. The Morgan fingerprint density at radius 1 is 0.978 bits per heavy atom. The Hall–Kier alpha value is -6.17. The maximum Gasteiger partial charge on any atom is 0.250 e. The molecular weight excluding hydrogens is 573 g/mol. The summed E-state index contributed by atoms with van der Waals surface area (Å²) in [5.41, 5.74) is 17.1. The fraction of sp³-hybridized carbons (Fsp3) is 0.0909. The molecule has 1 aliphatic rings. The molecule has 0 unspecified atom stereocenters. The number of nitrogens with one attached hydrogen (secondary N) is 1. The van der Waals surface area contributed by atoms with Crippen LogP contribution in [0.1, 0.15) is 27.9 Å².